The Kier molecular flexibility index (Phi) is 2.01. The number of hydrogen-bond acceptors (Lipinski definition) is 1. The van der Waals surface area contributed by atoms with Gasteiger partial charge in [-0.25, -0.2) is 0 Å². The van der Waals surface area contributed by atoms with Gasteiger partial charge in [-0.3, -0.25) is 0 Å². The monoisotopic (exact) mass is 170 g/mol. The molecule has 0 spiro atoms. The first-order chi connectivity index (χ1) is 6.38. The van der Waals surface area contributed by atoms with Crippen molar-refractivity contribution in [1.82, 2.24) is 0 Å². The second-order valence-corrected chi connectivity index (χ2v) is 2.95. The maximum absolute atomic E-state index is 5.85. The lowest BCUT2D eigenvalue weighted by atomic mass is 10.1. The van der Waals surface area contributed by atoms with E-state index in [4.69, 9.17) is 5.73 Å². The summed E-state index contributed by atoms with van der Waals surface area (Å²) in [5.74, 6) is 0. The zero-order valence-electron chi connectivity index (χ0n) is 7.27. The summed E-state index contributed by atoms with van der Waals surface area (Å²) < 4.78 is 0. The molecule has 13 heavy (non-hydrogen) atoms. The number of nitrogens with two attached hydrogens (primary N) is 1. The molecular weight excluding hydrogens is 159 g/mol. The van der Waals surface area contributed by atoms with Crippen molar-refractivity contribution in [1.29, 1.82) is 0 Å². The molecule has 0 atom stereocenters. The molecule has 0 saturated heterocycles. The summed E-state index contributed by atoms with van der Waals surface area (Å²) in [7, 11) is 0. The summed E-state index contributed by atoms with van der Waals surface area (Å²) in [6.07, 6.45) is 0. The van der Waals surface area contributed by atoms with Crippen LogP contribution >= 0.6 is 0 Å². The Hall–Kier alpha value is -1.76. The lowest BCUT2D eigenvalue weighted by Gasteiger charge is -2.03. The molecule has 2 aromatic rings. The van der Waals surface area contributed by atoms with Gasteiger partial charge < -0.3 is 5.73 Å². The van der Waals surface area contributed by atoms with Crippen LogP contribution in [-0.4, -0.2) is 0 Å². The standard InChI is InChI=1S/C12H11N/c13-12-9-5-4-8-11(12)10-6-2-1-3-7-10/h1-9H,13H2/i13+1. The molecular formula is C12H11N. The summed E-state index contributed by atoms with van der Waals surface area (Å²) in [5, 5.41) is 0. The van der Waals surface area contributed by atoms with Crippen LogP contribution in [0, 0.1) is 0 Å². The minimum atomic E-state index is 0.828. The third-order valence-corrected chi connectivity index (χ3v) is 2.05. The first-order valence-electron chi connectivity index (χ1n) is 4.28. The van der Waals surface area contributed by atoms with E-state index in [2.05, 4.69) is 12.1 Å². The van der Waals surface area contributed by atoms with Gasteiger partial charge in [0.2, 0.25) is 0 Å². The molecule has 2 N–H and O–H groups in total. The van der Waals surface area contributed by atoms with Crippen LogP contribution in [0.15, 0.2) is 54.6 Å². The van der Waals surface area contributed by atoms with Crippen LogP contribution in [-0.2, 0) is 0 Å². The van der Waals surface area contributed by atoms with Crippen LogP contribution in [0.25, 0.3) is 11.1 Å². The molecule has 0 amide bonds. The van der Waals surface area contributed by atoms with E-state index in [9.17, 15) is 0 Å². The lowest BCUT2D eigenvalue weighted by molar-refractivity contribution is 1.61. The summed E-state index contributed by atoms with van der Waals surface area (Å²) in [6, 6.07) is 18.1. The predicted molar refractivity (Wildman–Crippen MR) is 56.3 cm³/mol. The summed E-state index contributed by atoms with van der Waals surface area (Å²) in [4.78, 5) is 0. The topological polar surface area (TPSA) is 26.0 Å². The molecule has 0 fully saturated rings. The maximum atomic E-state index is 5.85. The highest BCUT2D eigenvalue weighted by Crippen LogP contribution is 2.24. The first kappa shape index (κ1) is 7.87. The van der Waals surface area contributed by atoms with Crippen LogP contribution in [0.3, 0.4) is 0 Å². The maximum Gasteiger partial charge on any atom is 0.0393 e. The number of para-hydroxylation sites is 1. The van der Waals surface area contributed by atoms with Gasteiger partial charge in [0.25, 0.3) is 0 Å². The van der Waals surface area contributed by atoms with Gasteiger partial charge >= 0.3 is 0 Å². The molecule has 0 aliphatic carbocycles. The van der Waals surface area contributed by atoms with E-state index in [0.29, 0.717) is 0 Å². The Morgan fingerprint density at radius 3 is 2.00 bits per heavy atom. The molecule has 0 saturated carbocycles. The number of rotatable bonds is 1. The van der Waals surface area contributed by atoms with Gasteiger partial charge in [0.05, 0.1) is 0 Å². The Morgan fingerprint density at radius 2 is 1.31 bits per heavy atom. The molecule has 2 aromatic carbocycles. The van der Waals surface area contributed by atoms with Crippen molar-refractivity contribution in [2.45, 2.75) is 0 Å². The molecule has 0 bridgehead atoms. The summed E-state index contributed by atoms with van der Waals surface area (Å²) in [5.41, 5.74) is 8.95. The van der Waals surface area contributed by atoms with Crippen LogP contribution < -0.4 is 5.73 Å². The molecule has 64 valence electrons. The van der Waals surface area contributed by atoms with Gasteiger partial charge in [0.15, 0.2) is 0 Å². The predicted octanol–water partition coefficient (Wildman–Crippen LogP) is 2.94. The van der Waals surface area contributed by atoms with Crippen molar-refractivity contribution < 1.29 is 0 Å². The van der Waals surface area contributed by atoms with E-state index in [0.717, 1.165) is 11.3 Å². The fourth-order valence-electron chi connectivity index (χ4n) is 1.38. The molecule has 1 heteroatoms. The van der Waals surface area contributed by atoms with Crippen molar-refractivity contribution >= 4 is 5.69 Å². The summed E-state index contributed by atoms with van der Waals surface area (Å²) in [6.45, 7) is 0. The zero-order valence-corrected chi connectivity index (χ0v) is 7.27. The van der Waals surface area contributed by atoms with Crippen LogP contribution in [0.4, 0.5) is 5.69 Å². The number of benzene rings is 2. The molecule has 0 unspecified atom stereocenters. The Morgan fingerprint density at radius 1 is 0.692 bits per heavy atom. The third-order valence-electron chi connectivity index (χ3n) is 2.05. The Balaban J connectivity index is 2.54. The van der Waals surface area contributed by atoms with Crippen molar-refractivity contribution in [3.8, 4) is 11.1 Å². The molecule has 1 nitrogen and oxygen atoms in total. The lowest BCUT2D eigenvalue weighted by Crippen LogP contribution is -1.88. The molecule has 0 aromatic heterocycles. The molecule has 0 radical (unpaired) electrons. The van der Waals surface area contributed by atoms with Crippen LogP contribution in [0.2, 0.25) is 0 Å². The largest absolute Gasteiger partial charge is 0.398 e. The average molecular weight is 170 g/mol. The smallest absolute Gasteiger partial charge is 0.0393 e. The second-order valence-electron chi connectivity index (χ2n) is 2.95. The van der Waals surface area contributed by atoms with E-state index in [1.165, 1.54) is 5.56 Å². The van der Waals surface area contributed by atoms with E-state index in [-0.39, 0.29) is 0 Å². The highest BCUT2D eigenvalue weighted by atomic mass is 15.3. The van der Waals surface area contributed by atoms with E-state index in [1.54, 1.807) is 0 Å². The van der Waals surface area contributed by atoms with Crippen molar-refractivity contribution in [2.75, 3.05) is 5.73 Å². The number of hydrogen-bond donors (Lipinski definition) is 1. The Bertz CT molecular complexity index is 393. The van der Waals surface area contributed by atoms with Crippen LogP contribution in [0.5, 0.6) is 0 Å². The molecule has 0 aliphatic heterocycles. The highest BCUT2D eigenvalue weighted by Gasteiger charge is 1.98. The van der Waals surface area contributed by atoms with Gasteiger partial charge in [-0.1, -0.05) is 48.5 Å². The molecule has 0 aliphatic rings. The number of nitrogen functional groups attached to an aromatic ring is 1. The SMILES string of the molecule is [15NH2]c1ccccc1-c1ccccc1. The van der Waals surface area contributed by atoms with E-state index in [1.807, 2.05) is 42.5 Å². The zero-order chi connectivity index (χ0) is 9.10. The average Bonchev–Trinajstić information content (AvgIpc) is 2.20. The van der Waals surface area contributed by atoms with Crippen molar-refractivity contribution in [2.24, 2.45) is 0 Å². The van der Waals surface area contributed by atoms with Gasteiger partial charge in [0.1, 0.15) is 0 Å². The summed E-state index contributed by atoms with van der Waals surface area (Å²) >= 11 is 0. The van der Waals surface area contributed by atoms with Crippen LogP contribution in [0.1, 0.15) is 0 Å². The fraction of sp³-hybridized carbons (Fsp3) is 0. The van der Waals surface area contributed by atoms with Gasteiger partial charge in [-0.2, -0.15) is 0 Å². The van der Waals surface area contributed by atoms with Gasteiger partial charge in [-0.05, 0) is 11.6 Å². The second kappa shape index (κ2) is 3.31. The fourth-order valence-corrected chi connectivity index (χ4v) is 1.38. The minimum absolute atomic E-state index is 0.828. The molecule has 0 heterocycles. The van der Waals surface area contributed by atoms with Gasteiger partial charge in [0, 0.05) is 11.3 Å². The highest BCUT2D eigenvalue weighted by molar-refractivity contribution is 5.75. The van der Waals surface area contributed by atoms with E-state index < -0.39 is 0 Å². The van der Waals surface area contributed by atoms with E-state index >= 15 is 0 Å². The normalized spacial score (nSPS) is 9.85. The van der Waals surface area contributed by atoms with Gasteiger partial charge in [-0.15, -0.1) is 0 Å². The quantitative estimate of drug-likeness (QED) is 0.516. The molecule has 2 rings (SSSR count). The van der Waals surface area contributed by atoms with Crippen molar-refractivity contribution in [3.05, 3.63) is 54.6 Å². The third kappa shape index (κ3) is 1.54. The minimum Gasteiger partial charge on any atom is -0.398 e. The first-order valence-corrected chi connectivity index (χ1v) is 4.28. The van der Waals surface area contributed by atoms with Crippen molar-refractivity contribution in [3.63, 3.8) is 0 Å². The Labute approximate surface area is 77.8 Å². The number of anilines is 1.